The van der Waals surface area contributed by atoms with Crippen molar-refractivity contribution in [1.82, 2.24) is 19.5 Å². The highest BCUT2D eigenvalue weighted by atomic mass is 31.2. The second-order valence-corrected chi connectivity index (χ2v) is 11.8. The van der Waals surface area contributed by atoms with Crippen molar-refractivity contribution in [2.45, 2.75) is 50.8 Å². The van der Waals surface area contributed by atoms with E-state index in [4.69, 9.17) is 30.0 Å². The molecule has 220 valence electrons. The molecule has 15 heteroatoms. The van der Waals surface area contributed by atoms with Crippen LogP contribution < -0.4 is 16.0 Å². The van der Waals surface area contributed by atoms with Gasteiger partial charge >= 0.3 is 13.6 Å². The number of aliphatic hydroxyl groups is 1. The van der Waals surface area contributed by atoms with Crippen molar-refractivity contribution in [2.75, 3.05) is 25.2 Å². The van der Waals surface area contributed by atoms with Crippen LogP contribution in [0, 0.1) is 17.8 Å². The lowest BCUT2D eigenvalue weighted by molar-refractivity contribution is -0.151. The summed E-state index contributed by atoms with van der Waals surface area (Å²) in [6.45, 7) is 3.44. The van der Waals surface area contributed by atoms with Crippen LogP contribution in [0.15, 0.2) is 42.9 Å². The average Bonchev–Trinajstić information content (AvgIpc) is 3.44. The summed E-state index contributed by atoms with van der Waals surface area (Å²) >= 11 is 0. The summed E-state index contributed by atoms with van der Waals surface area (Å²) in [6.07, 6.45) is -1.92. The van der Waals surface area contributed by atoms with E-state index in [0.29, 0.717) is 5.52 Å². The van der Waals surface area contributed by atoms with E-state index in [1.54, 1.807) is 51.1 Å². The summed E-state index contributed by atoms with van der Waals surface area (Å²) in [5.41, 5.74) is 11.0. The Labute approximate surface area is 235 Å². The number of fused-ring (bicyclic) bond motifs is 1. The first-order valence-electron chi connectivity index (χ1n) is 12.8. The first-order valence-corrected chi connectivity index (χ1v) is 14.5. The number of alkyl halides is 1. The minimum atomic E-state index is -4.05. The highest BCUT2D eigenvalue weighted by molar-refractivity contribution is 7.54. The molecule has 4 rings (SSSR count). The molecule has 41 heavy (non-hydrogen) atoms. The SMILES string of the molecule is CC(C)OC(=O)[C@H](C)C[P@](=O)(OC[C@H]1O[C@@H](n2cnc3cnc(N)nc32)C(N)(C#CCF)[C@H]1O)Oc1ccccc1. The molecule has 1 aliphatic heterocycles. The minimum absolute atomic E-state index is 0.0424. The molecule has 1 unspecified atom stereocenters. The molecule has 3 heterocycles. The highest BCUT2D eigenvalue weighted by Gasteiger charge is 2.55. The summed E-state index contributed by atoms with van der Waals surface area (Å²) in [5.74, 6) is 3.57. The Morgan fingerprint density at radius 3 is 2.71 bits per heavy atom. The van der Waals surface area contributed by atoms with Gasteiger partial charge in [-0.1, -0.05) is 37.0 Å². The monoisotopic (exact) mass is 590 g/mol. The van der Waals surface area contributed by atoms with Crippen molar-refractivity contribution >= 4 is 30.7 Å². The number of carbonyl (C=O) groups excluding carboxylic acids is 1. The number of imidazole rings is 1. The minimum Gasteiger partial charge on any atom is -0.463 e. The summed E-state index contributed by atoms with van der Waals surface area (Å²) in [4.78, 5) is 24.7. The van der Waals surface area contributed by atoms with Crippen molar-refractivity contribution in [1.29, 1.82) is 0 Å². The third-order valence-corrected chi connectivity index (χ3v) is 8.21. The number of rotatable bonds is 10. The van der Waals surface area contributed by atoms with E-state index >= 15 is 0 Å². The highest BCUT2D eigenvalue weighted by Crippen LogP contribution is 2.51. The number of halogens is 1. The molecule has 0 saturated carbocycles. The third-order valence-electron chi connectivity index (χ3n) is 6.19. The fourth-order valence-electron chi connectivity index (χ4n) is 4.27. The van der Waals surface area contributed by atoms with Crippen LogP contribution in [0.2, 0.25) is 0 Å². The Kier molecular flexibility index (Phi) is 9.26. The third kappa shape index (κ3) is 6.83. The topological polar surface area (TPSA) is 187 Å². The molecule has 0 bridgehead atoms. The van der Waals surface area contributed by atoms with Gasteiger partial charge in [-0.05, 0) is 26.0 Å². The summed E-state index contributed by atoms with van der Waals surface area (Å²) in [5, 5.41) is 11.2. The number of esters is 1. The summed E-state index contributed by atoms with van der Waals surface area (Å²) < 4.78 is 51.2. The maximum absolute atomic E-state index is 14.0. The standard InChI is InChI=1S/C26H32FN6O7P/c1-16(2)38-23(35)17(3)14-41(36,40-18-8-5-4-6-9-18)37-13-20-21(34)26(29,10-7-11-27)24(39-20)33-15-31-19-12-30-25(28)32-22(19)33/h4-6,8-9,12,15-17,20-21,24,34H,11,13-14,29H2,1-3H3,(H2,28,30,32)/t17-,20-,21+,24-,26?,41+/m1/s1. The molecule has 6 atom stereocenters. The number of nitrogens with zero attached hydrogens (tertiary/aromatic N) is 4. The first kappa shape index (κ1) is 30.4. The van der Waals surface area contributed by atoms with Gasteiger partial charge in [0.1, 0.15) is 30.1 Å². The lowest BCUT2D eigenvalue weighted by atomic mass is 9.91. The zero-order valence-corrected chi connectivity index (χ0v) is 23.6. The largest absolute Gasteiger partial charge is 0.463 e. The van der Waals surface area contributed by atoms with Crippen LogP contribution >= 0.6 is 7.60 Å². The number of aliphatic hydroxyl groups excluding tert-OH is 1. The van der Waals surface area contributed by atoms with Gasteiger partial charge in [0.25, 0.3) is 0 Å². The van der Waals surface area contributed by atoms with Crippen molar-refractivity contribution in [3.05, 3.63) is 42.9 Å². The fraction of sp³-hybridized carbons (Fsp3) is 0.462. The number of anilines is 1. The molecule has 5 N–H and O–H groups in total. The molecule has 13 nitrogen and oxygen atoms in total. The Balaban J connectivity index is 1.61. The van der Waals surface area contributed by atoms with Crippen LogP contribution in [0.5, 0.6) is 5.75 Å². The predicted molar refractivity (Wildman–Crippen MR) is 146 cm³/mol. The van der Waals surface area contributed by atoms with Crippen LogP contribution in [-0.2, 0) is 23.4 Å². The lowest BCUT2D eigenvalue weighted by Crippen LogP contribution is -2.53. The first-order chi connectivity index (χ1) is 19.5. The molecule has 0 spiro atoms. The zero-order valence-electron chi connectivity index (χ0n) is 22.7. The van der Waals surface area contributed by atoms with Crippen LogP contribution in [0.1, 0.15) is 27.0 Å². The average molecular weight is 591 g/mol. The molecule has 0 aliphatic carbocycles. The van der Waals surface area contributed by atoms with E-state index in [9.17, 15) is 18.9 Å². The van der Waals surface area contributed by atoms with Crippen LogP contribution in [0.25, 0.3) is 11.2 Å². The normalized spacial score (nSPS) is 24.4. The van der Waals surface area contributed by atoms with Gasteiger partial charge < -0.3 is 30.6 Å². The van der Waals surface area contributed by atoms with Gasteiger partial charge in [-0.25, -0.2) is 18.9 Å². The number of carbonyl (C=O) groups is 1. The van der Waals surface area contributed by atoms with Gasteiger partial charge in [0, 0.05) is 0 Å². The van der Waals surface area contributed by atoms with Gasteiger partial charge in [0.05, 0.1) is 37.3 Å². The molecule has 0 amide bonds. The van der Waals surface area contributed by atoms with E-state index in [0.717, 1.165) is 0 Å². The van der Waals surface area contributed by atoms with E-state index in [1.807, 2.05) is 0 Å². The molecular weight excluding hydrogens is 558 g/mol. The Morgan fingerprint density at radius 1 is 1.29 bits per heavy atom. The van der Waals surface area contributed by atoms with Gasteiger partial charge in [0.2, 0.25) is 5.95 Å². The van der Waals surface area contributed by atoms with Crippen molar-refractivity contribution < 1.29 is 37.4 Å². The van der Waals surface area contributed by atoms with Crippen molar-refractivity contribution in [3.8, 4) is 17.6 Å². The molecule has 3 aromatic rings. The number of aromatic nitrogens is 4. The number of nitrogens with two attached hydrogens (primary N) is 2. The quantitative estimate of drug-likeness (QED) is 0.178. The Hall–Kier alpha value is -3.60. The van der Waals surface area contributed by atoms with Gasteiger partial charge in [-0.2, -0.15) is 4.98 Å². The van der Waals surface area contributed by atoms with E-state index in [1.165, 1.54) is 17.1 Å². The van der Waals surface area contributed by atoms with Crippen molar-refractivity contribution in [3.63, 3.8) is 0 Å². The maximum atomic E-state index is 14.0. The van der Waals surface area contributed by atoms with Crippen LogP contribution in [0.3, 0.4) is 0 Å². The molecular formula is C26H32FN6O7P. The molecule has 1 fully saturated rings. The smallest absolute Gasteiger partial charge is 0.380 e. The van der Waals surface area contributed by atoms with Gasteiger partial charge in [-0.15, -0.1) is 0 Å². The predicted octanol–water partition coefficient (Wildman–Crippen LogP) is 2.21. The second kappa shape index (κ2) is 12.5. The van der Waals surface area contributed by atoms with Gasteiger partial charge in [-0.3, -0.25) is 13.9 Å². The van der Waals surface area contributed by atoms with Crippen molar-refractivity contribution in [2.24, 2.45) is 11.7 Å². The number of benzene rings is 1. The number of nitrogen functional groups attached to an aromatic ring is 1. The fourth-order valence-corrected chi connectivity index (χ4v) is 6.14. The summed E-state index contributed by atoms with van der Waals surface area (Å²) in [7, 11) is -4.05. The number of ether oxygens (including phenoxy) is 2. The number of para-hydroxylation sites is 1. The lowest BCUT2D eigenvalue weighted by Gasteiger charge is -2.27. The van der Waals surface area contributed by atoms with Crippen LogP contribution in [0.4, 0.5) is 10.3 Å². The molecule has 1 aliphatic rings. The van der Waals surface area contributed by atoms with Crippen LogP contribution in [-0.4, -0.2) is 73.9 Å². The summed E-state index contributed by atoms with van der Waals surface area (Å²) in [6, 6.07) is 8.28. The number of hydrogen-bond donors (Lipinski definition) is 3. The number of hydrogen-bond acceptors (Lipinski definition) is 12. The van der Waals surface area contributed by atoms with E-state index in [-0.39, 0.29) is 29.6 Å². The Morgan fingerprint density at radius 2 is 2.02 bits per heavy atom. The molecule has 0 radical (unpaired) electrons. The molecule has 1 aromatic carbocycles. The Bertz CT molecular complexity index is 1480. The maximum Gasteiger partial charge on any atom is 0.380 e. The van der Waals surface area contributed by atoms with Gasteiger partial charge in [0.15, 0.2) is 17.4 Å². The van der Waals surface area contributed by atoms with E-state index in [2.05, 4.69) is 26.8 Å². The van der Waals surface area contributed by atoms with E-state index < -0.39 is 56.7 Å². The second-order valence-electron chi connectivity index (χ2n) is 9.81. The molecule has 2 aromatic heterocycles. The molecule has 1 saturated heterocycles. The zero-order chi connectivity index (χ0) is 29.8.